The first-order chi connectivity index (χ1) is 10.2. The first-order valence-electron chi connectivity index (χ1n) is 6.17. The molecule has 3 aromatic rings. The summed E-state index contributed by atoms with van der Waals surface area (Å²) in [6.07, 6.45) is 5.23. The normalized spacial score (nSPS) is 10.5. The lowest BCUT2D eigenvalue weighted by molar-refractivity contribution is -0.115. The van der Waals surface area contributed by atoms with Crippen LogP contribution in [0.15, 0.2) is 42.2 Å². The van der Waals surface area contributed by atoms with Gasteiger partial charge in [0.1, 0.15) is 0 Å². The van der Waals surface area contributed by atoms with Gasteiger partial charge in [0, 0.05) is 24.0 Å². The van der Waals surface area contributed by atoms with E-state index in [0.717, 1.165) is 0 Å². The summed E-state index contributed by atoms with van der Waals surface area (Å²) in [5.41, 5.74) is 6.79. The van der Waals surface area contributed by atoms with Gasteiger partial charge in [-0.05, 0) is 18.2 Å². The highest BCUT2D eigenvalue weighted by molar-refractivity contribution is 7.13. The van der Waals surface area contributed by atoms with Crippen molar-refractivity contribution in [3.63, 3.8) is 0 Å². The Bertz CT molecular complexity index is 752. The van der Waals surface area contributed by atoms with Crippen LogP contribution >= 0.6 is 11.3 Å². The number of nitrogen functional groups attached to an aromatic ring is 1. The van der Waals surface area contributed by atoms with Crippen LogP contribution in [-0.2, 0) is 11.2 Å². The molecule has 3 rings (SSSR count). The first-order valence-corrected chi connectivity index (χ1v) is 7.05. The summed E-state index contributed by atoms with van der Waals surface area (Å²) in [4.78, 5) is 20.4. The van der Waals surface area contributed by atoms with Gasteiger partial charge in [-0.1, -0.05) is 0 Å². The van der Waals surface area contributed by atoms with Crippen molar-refractivity contribution in [1.29, 1.82) is 0 Å². The van der Waals surface area contributed by atoms with Crippen LogP contribution in [0.5, 0.6) is 0 Å². The van der Waals surface area contributed by atoms with Gasteiger partial charge in [0.15, 0.2) is 10.9 Å². The summed E-state index contributed by atoms with van der Waals surface area (Å²) in [5.74, 6) is 0.385. The van der Waals surface area contributed by atoms with Gasteiger partial charge in [-0.3, -0.25) is 4.79 Å². The molecule has 0 spiro atoms. The third-order valence-corrected chi connectivity index (χ3v) is 3.42. The number of thiazole rings is 1. The second-order valence-electron chi connectivity index (χ2n) is 4.23. The van der Waals surface area contributed by atoms with Gasteiger partial charge in [-0.25, -0.2) is 14.6 Å². The maximum Gasteiger partial charge on any atom is 0.230 e. The van der Waals surface area contributed by atoms with Crippen molar-refractivity contribution in [2.45, 2.75) is 6.42 Å². The molecule has 3 N–H and O–H groups in total. The van der Waals surface area contributed by atoms with E-state index in [0.29, 0.717) is 22.3 Å². The third-order valence-electron chi connectivity index (χ3n) is 2.69. The van der Waals surface area contributed by atoms with E-state index in [-0.39, 0.29) is 12.3 Å². The Balaban J connectivity index is 1.77. The van der Waals surface area contributed by atoms with Crippen LogP contribution in [-0.4, -0.2) is 25.7 Å². The zero-order valence-electron chi connectivity index (χ0n) is 10.9. The number of carbonyl (C=O) groups excluding carboxylic acids is 1. The van der Waals surface area contributed by atoms with Gasteiger partial charge in [0.05, 0.1) is 17.8 Å². The lowest BCUT2D eigenvalue weighted by atomic mass is 10.3. The number of amides is 1. The van der Waals surface area contributed by atoms with Crippen molar-refractivity contribution in [2.24, 2.45) is 0 Å². The molecular weight excluding hydrogens is 288 g/mol. The number of anilines is 2. The fourth-order valence-electron chi connectivity index (χ4n) is 1.83. The highest BCUT2D eigenvalue weighted by atomic mass is 32.1. The highest BCUT2D eigenvalue weighted by Gasteiger charge is 2.11. The van der Waals surface area contributed by atoms with Crippen LogP contribution in [0.1, 0.15) is 5.69 Å². The number of aromatic nitrogens is 4. The van der Waals surface area contributed by atoms with E-state index in [1.165, 1.54) is 11.3 Å². The molecule has 0 saturated heterocycles. The summed E-state index contributed by atoms with van der Waals surface area (Å²) < 4.78 is 1.59. The summed E-state index contributed by atoms with van der Waals surface area (Å²) >= 11 is 1.31. The van der Waals surface area contributed by atoms with Gasteiger partial charge in [-0.2, -0.15) is 5.10 Å². The standard InChI is InChI=1S/C13H12N6OS/c14-13-17-9(8-21-13)7-11(20)18-10-3-1-4-15-12(10)19-6-2-5-16-19/h1-6,8H,7H2,(H2,14,17)(H,18,20). The second-order valence-corrected chi connectivity index (χ2v) is 5.12. The minimum atomic E-state index is -0.179. The number of carbonyl (C=O) groups is 1. The number of rotatable bonds is 4. The molecule has 0 unspecified atom stereocenters. The van der Waals surface area contributed by atoms with E-state index < -0.39 is 0 Å². The van der Waals surface area contributed by atoms with Crippen molar-refractivity contribution < 1.29 is 4.79 Å². The lowest BCUT2D eigenvalue weighted by Crippen LogP contribution is -2.17. The Labute approximate surface area is 124 Å². The van der Waals surface area contributed by atoms with E-state index in [2.05, 4.69) is 20.4 Å². The molecule has 1 amide bonds. The van der Waals surface area contributed by atoms with Crippen LogP contribution in [0, 0.1) is 0 Å². The van der Waals surface area contributed by atoms with Gasteiger partial charge >= 0.3 is 0 Å². The third kappa shape index (κ3) is 3.06. The van der Waals surface area contributed by atoms with Crippen molar-refractivity contribution in [3.05, 3.63) is 47.9 Å². The maximum atomic E-state index is 12.1. The van der Waals surface area contributed by atoms with Crippen LogP contribution in [0.4, 0.5) is 10.8 Å². The number of nitrogens with one attached hydrogen (secondary N) is 1. The summed E-state index contributed by atoms with van der Waals surface area (Å²) in [6.45, 7) is 0. The van der Waals surface area contributed by atoms with E-state index >= 15 is 0 Å². The van der Waals surface area contributed by atoms with Crippen LogP contribution in [0.2, 0.25) is 0 Å². The Hall–Kier alpha value is -2.74. The molecule has 3 heterocycles. The number of nitrogens with zero attached hydrogens (tertiary/aromatic N) is 4. The first kappa shape index (κ1) is 13.3. The van der Waals surface area contributed by atoms with Gasteiger partial charge in [0.2, 0.25) is 5.91 Å². The zero-order valence-corrected chi connectivity index (χ0v) is 11.7. The molecule has 0 bridgehead atoms. The zero-order chi connectivity index (χ0) is 14.7. The predicted octanol–water partition coefficient (Wildman–Crippen LogP) is 1.49. The SMILES string of the molecule is Nc1nc(CC(=O)Nc2cccnc2-n2cccn2)cs1. The fraction of sp³-hybridized carbons (Fsp3) is 0.0769. The Morgan fingerprint density at radius 3 is 3.00 bits per heavy atom. The molecule has 0 aliphatic heterocycles. The molecule has 8 heteroatoms. The summed E-state index contributed by atoms with van der Waals surface area (Å²) in [6, 6.07) is 5.32. The number of hydrogen-bond acceptors (Lipinski definition) is 6. The topological polar surface area (TPSA) is 98.7 Å². The molecule has 0 saturated carbocycles. The Morgan fingerprint density at radius 1 is 1.38 bits per heavy atom. The minimum absolute atomic E-state index is 0.168. The Kier molecular flexibility index (Phi) is 3.61. The lowest BCUT2D eigenvalue weighted by Gasteiger charge is -2.09. The van der Waals surface area contributed by atoms with E-state index in [4.69, 9.17) is 5.73 Å². The quantitative estimate of drug-likeness (QED) is 0.760. The maximum absolute atomic E-state index is 12.1. The monoisotopic (exact) mass is 300 g/mol. The highest BCUT2D eigenvalue weighted by Crippen LogP contribution is 2.17. The van der Waals surface area contributed by atoms with Crippen LogP contribution in [0.25, 0.3) is 5.82 Å². The minimum Gasteiger partial charge on any atom is -0.375 e. The summed E-state index contributed by atoms with van der Waals surface area (Å²) in [5, 5.41) is 9.16. The molecule has 0 aliphatic carbocycles. The molecule has 0 fully saturated rings. The van der Waals surface area contributed by atoms with Crippen LogP contribution in [0.3, 0.4) is 0 Å². The van der Waals surface area contributed by atoms with Crippen molar-refractivity contribution in [2.75, 3.05) is 11.1 Å². The van der Waals surface area contributed by atoms with E-state index in [9.17, 15) is 4.79 Å². The van der Waals surface area contributed by atoms with Gasteiger partial charge in [-0.15, -0.1) is 11.3 Å². The van der Waals surface area contributed by atoms with E-state index in [1.54, 1.807) is 46.9 Å². The van der Waals surface area contributed by atoms with Gasteiger partial charge in [0.25, 0.3) is 0 Å². The predicted molar refractivity (Wildman–Crippen MR) is 80.2 cm³/mol. The molecule has 21 heavy (non-hydrogen) atoms. The number of hydrogen-bond donors (Lipinski definition) is 2. The van der Waals surface area contributed by atoms with Gasteiger partial charge < -0.3 is 11.1 Å². The van der Waals surface area contributed by atoms with Crippen LogP contribution < -0.4 is 11.1 Å². The van der Waals surface area contributed by atoms with Crippen molar-refractivity contribution in [3.8, 4) is 5.82 Å². The molecule has 0 atom stereocenters. The smallest absolute Gasteiger partial charge is 0.230 e. The average molecular weight is 300 g/mol. The number of nitrogens with two attached hydrogens (primary N) is 1. The van der Waals surface area contributed by atoms with Crippen molar-refractivity contribution >= 4 is 28.1 Å². The molecule has 0 aliphatic rings. The molecule has 0 aromatic carbocycles. The van der Waals surface area contributed by atoms with E-state index in [1.807, 2.05) is 0 Å². The Morgan fingerprint density at radius 2 is 2.29 bits per heavy atom. The molecule has 3 aromatic heterocycles. The molecule has 7 nitrogen and oxygen atoms in total. The number of pyridine rings is 1. The largest absolute Gasteiger partial charge is 0.375 e. The second kappa shape index (κ2) is 5.71. The average Bonchev–Trinajstić information content (AvgIpc) is 3.11. The fourth-order valence-corrected chi connectivity index (χ4v) is 2.40. The molecule has 0 radical (unpaired) electrons. The molecular formula is C13H12N6OS. The molecule has 106 valence electrons. The summed E-state index contributed by atoms with van der Waals surface area (Å²) in [7, 11) is 0. The van der Waals surface area contributed by atoms with Crippen molar-refractivity contribution in [1.82, 2.24) is 19.7 Å².